The summed E-state index contributed by atoms with van der Waals surface area (Å²) < 4.78 is 0. The Labute approximate surface area is 83.6 Å². The van der Waals surface area contributed by atoms with E-state index in [1.807, 2.05) is 30.3 Å². The van der Waals surface area contributed by atoms with Gasteiger partial charge in [0, 0.05) is 5.56 Å². The molecular formula is C10H8NO2S+. The van der Waals surface area contributed by atoms with E-state index in [1.54, 1.807) is 5.38 Å². The van der Waals surface area contributed by atoms with Crippen LogP contribution in [-0.4, -0.2) is 15.4 Å². The second kappa shape index (κ2) is 3.59. The van der Waals surface area contributed by atoms with Gasteiger partial charge in [-0.2, -0.15) is 9.78 Å². The minimum atomic E-state index is -0.847. The number of benzene rings is 1. The van der Waals surface area contributed by atoms with Crippen molar-refractivity contribution in [1.82, 2.24) is 4.98 Å². The maximum atomic E-state index is 10.7. The lowest BCUT2D eigenvalue weighted by Crippen LogP contribution is -1.79. The van der Waals surface area contributed by atoms with Crippen LogP contribution in [0.3, 0.4) is 0 Å². The molecule has 1 aromatic heterocycles. The molecule has 1 unspecified atom stereocenters. The first-order chi connectivity index (χ1) is 6.77. The molecule has 70 valence electrons. The number of carboxylic acid groups (broad SMARTS) is 1. The van der Waals surface area contributed by atoms with Crippen molar-refractivity contribution in [2.45, 2.75) is 0 Å². The molecule has 0 aliphatic heterocycles. The Morgan fingerprint density at radius 2 is 2.00 bits per heavy atom. The molecule has 0 amide bonds. The molecular weight excluding hydrogens is 198 g/mol. The van der Waals surface area contributed by atoms with Crippen LogP contribution in [-0.2, 0) is 0 Å². The van der Waals surface area contributed by atoms with Gasteiger partial charge >= 0.3 is 5.30 Å². The summed E-state index contributed by atoms with van der Waals surface area (Å²) in [5.74, 6) is 0. The van der Waals surface area contributed by atoms with Gasteiger partial charge in [0.1, 0.15) is 16.2 Å². The first-order valence-electron chi connectivity index (χ1n) is 4.03. The number of nitrogens with zero attached hydrogens (tertiary/aromatic N) is 1. The summed E-state index contributed by atoms with van der Waals surface area (Å²) in [5.41, 5.74) is 3.18. The van der Waals surface area contributed by atoms with Crippen molar-refractivity contribution < 1.29 is 9.90 Å². The second-order valence-corrected chi connectivity index (χ2v) is 4.28. The topological polar surface area (TPSA) is 50.2 Å². The van der Waals surface area contributed by atoms with E-state index in [2.05, 4.69) is 4.98 Å². The molecule has 0 radical (unpaired) electrons. The van der Waals surface area contributed by atoms with Crippen molar-refractivity contribution in [2.24, 2.45) is 0 Å². The molecule has 0 saturated carbocycles. The van der Waals surface area contributed by atoms with Crippen LogP contribution in [0.25, 0.3) is 11.3 Å². The van der Waals surface area contributed by atoms with Crippen LogP contribution in [0, 0.1) is 0 Å². The molecule has 14 heavy (non-hydrogen) atoms. The Bertz CT molecular complexity index is 450. The van der Waals surface area contributed by atoms with Crippen LogP contribution >= 0.6 is 10.5 Å². The lowest BCUT2D eigenvalue weighted by molar-refractivity contribution is 0.221. The Morgan fingerprint density at radius 1 is 1.29 bits per heavy atom. The van der Waals surface area contributed by atoms with Gasteiger partial charge in [-0.05, 0) is 0 Å². The molecule has 0 spiro atoms. The second-order valence-electron chi connectivity index (χ2n) is 2.74. The lowest BCUT2D eigenvalue weighted by Gasteiger charge is -1.90. The average Bonchev–Trinajstić information content (AvgIpc) is 2.68. The zero-order chi connectivity index (χ0) is 9.97. The molecule has 1 heterocycles. The highest BCUT2D eigenvalue weighted by Gasteiger charge is 2.18. The van der Waals surface area contributed by atoms with Crippen molar-refractivity contribution >= 4 is 15.8 Å². The number of carbonyl (C=O) groups is 1. The van der Waals surface area contributed by atoms with E-state index >= 15 is 0 Å². The van der Waals surface area contributed by atoms with Gasteiger partial charge in [-0.15, -0.1) is 0 Å². The van der Waals surface area contributed by atoms with E-state index in [9.17, 15) is 4.79 Å². The smallest absolute Gasteiger partial charge is 0.437 e. The van der Waals surface area contributed by atoms with Crippen LogP contribution in [0.4, 0.5) is 4.79 Å². The van der Waals surface area contributed by atoms with Gasteiger partial charge in [0.2, 0.25) is 5.51 Å². The van der Waals surface area contributed by atoms with Crippen molar-refractivity contribution in [1.29, 1.82) is 0 Å². The first-order valence-corrected chi connectivity index (χ1v) is 5.39. The van der Waals surface area contributed by atoms with Crippen LogP contribution in [0.5, 0.6) is 0 Å². The third-order valence-electron chi connectivity index (χ3n) is 1.82. The summed E-state index contributed by atoms with van der Waals surface area (Å²) in [6, 6.07) is 9.56. The fraction of sp³-hybridized carbons (Fsp3) is 0. The molecule has 0 saturated heterocycles. The summed E-state index contributed by atoms with van der Waals surface area (Å²) in [4.78, 5) is 14.7. The van der Waals surface area contributed by atoms with E-state index in [0.29, 0.717) is 0 Å². The SMILES string of the molecule is O=C(O)[s+]1cnc(-c2ccccc2)c1. The van der Waals surface area contributed by atoms with Gasteiger partial charge in [-0.1, -0.05) is 30.3 Å². The summed E-state index contributed by atoms with van der Waals surface area (Å²) in [6.07, 6.45) is 0. The molecule has 0 aliphatic rings. The zero-order valence-electron chi connectivity index (χ0n) is 7.25. The quantitative estimate of drug-likeness (QED) is 0.768. The summed E-state index contributed by atoms with van der Waals surface area (Å²) >= 11 is 0. The number of hydrogen-bond acceptors (Lipinski definition) is 2. The van der Waals surface area contributed by atoms with Crippen molar-refractivity contribution in [3.05, 3.63) is 41.2 Å². The van der Waals surface area contributed by atoms with Gasteiger partial charge in [-0.25, -0.2) is 0 Å². The molecule has 1 aromatic carbocycles. The normalized spacial score (nSPS) is 11.3. The minimum Gasteiger partial charge on any atom is -0.437 e. The molecule has 4 heteroatoms. The first kappa shape index (κ1) is 8.90. The summed E-state index contributed by atoms with van der Waals surface area (Å²) in [6.45, 7) is 0. The standard InChI is InChI=1S/C10H7NO2S/c12-10(13)14-6-9(11-7-14)8-4-2-1-3-5-8/h1-7H/p+1. The highest BCUT2D eigenvalue weighted by atomic mass is 32.2. The molecule has 2 rings (SSSR count). The Kier molecular flexibility index (Phi) is 2.28. The summed E-state index contributed by atoms with van der Waals surface area (Å²) in [5, 5.41) is 9.60. The summed E-state index contributed by atoms with van der Waals surface area (Å²) in [7, 11) is -0.847. The van der Waals surface area contributed by atoms with Crippen molar-refractivity contribution in [3.63, 3.8) is 0 Å². The van der Waals surface area contributed by atoms with Crippen LogP contribution in [0.15, 0.2) is 41.2 Å². The van der Waals surface area contributed by atoms with Gasteiger partial charge in [-0.3, -0.25) is 0 Å². The molecule has 0 bridgehead atoms. The van der Waals surface area contributed by atoms with E-state index in [1.165, 1.54) is 5.51 Å². The molecule has 3 nitrogen and oxygen atoms in total. The Morgan fingerprint density at radius 3 is 2.57 bits per heavy atom. The van der Waals surface area contributed by atoms with Crippen LogP contribution < -0.4 is 0 Å². The Balaban J connectivity index is 2.39. The highest BCUT2D eigenvalue weighted by molar-refractivity contribution is 7.48. The van der Waals surface area contributed by atoms with E-state index in [0.717, 1.165) is 11.3 Å². The third kappa shape index (κ3) is 1.65. The fourth-order valence-electron chi connectivity index (χ4n) is 1.14. The number of hydrogen-bond donors (Lipinski definition) is 1. The number of thiazole rings is 1. The van der Waals surface area contributed by atoms with Gasteiger partial charge in [0.25, 0.3) is 0 Å². The minimum absolute atomic E-state index is 0.747. The van der Waals surface area contributed by atoms with Crippen LogP contribution in [0.1, 0.15) is 0 Å². The van der Waals surface area contributed by atoms with E-state index < -0.39 is 15.8 Å². The maximum Gasteiger partial charge on any atom is 0.553 e. The zero-order valence-corrected chi connectivity index (χ0v) is 8.07. The maximum absolute atomic E-state index is 10.7. The molecule has 1 atom stereocenters. The molecule has 1 N–H and O–H groups in total. The van der Waals surface area contributed by atoms with Gasteiger partial charge < -0.3 is 5.11 Å². The number of rotatable bonds is 2. The average molecular weight is 206 g/mol. The lowest BCUT2D eigenvalue weighted by atomic mass is 10.2. The van der Waals surface area contributed by atoms with Gasteiger partial charge in [0.15, 0.2) is 5.38 Å². The largest absolute Gasteiger partial charge is 0.553 e. The fourth-order valence-corrected chi connectivity index (χ4v) is 2.06. The third-order valence-corrected chi connectivity index (χ3v) is 3.03. The predicted octanol–water partition coefficient (Wildman–Crippen LogP) is 3.02. The predicted molar refractivity (Wildman–Crippen MR) is 55.6 cm³/mol. The number of aromatic nitrogens is 1. The molecule has 0 fully saturated rings. The van der Waals surface area contributed by atoms with Crippen molar-refractivity contribution in [3.8, 4) is 11.3 Å². The van der Waals surface area contributed by atoms with Gasteiger partial charge in [0.05, 0.1) is 0 Å². The molecule has 2 aromatic rings. The van der Waals surface area contributed by atoms with Crippen molar-refractivity contribution in [2.75, 3.05) is 0 Å². The molecule has 0 aliphatic carbocycles. The van der Waals surface area contributed by atoms with Crippen LogP contribution in [0.2, 0.25) is 0 Å². The van der Waals surface area contributed by atoms with E-state index in [-0.39, 0.29) is 0 Å². The highest BCUT2D eigenvalue weighted by Crippen LogP contribution is 2.25. The Hall–Kier alpha value is -1.68. The monoisotopic (exact) mass is 206 g/mol. The van der Waals surface area contributed by atoms with E-state index in [4.69, 9.17) is 5.11 Å².